The van der Waals surface area contributed by atoms with Crippen molar-refractivity contribution in [2.45, 2.75) is 0 Å². The minimum atomic E-state index is -0.437. The van der Waals surface area contributed by atoms with Gasteiger partial charge in [0.25, 0.3) is 5.24 Å². The summed E-state index contributed by atoms with van der Waals surface area (Å²) in [7, 11) is 1.86. The van der Waals surface area contributed by atoms with E-state index in [0.717, 1.165) is 11.1 Å². The lowest BCUT2D eigenvalue weighted by molar-refractivity contribution is 0.108. The van der Waals surface area contributed by atoms with Crippen molar-refractivity contribution in [3.63, 3.8) is 0 Å². The second-order valence-electron chi connectivity index (χ2n) is 3.25. The fraction of sp³-hybridized carbons (Fsp3) is 0.0909. The van der Waals surface area contributed by atoms with Gasteiger partial charge < -0.3 is 0 Å². The number of carbonyl (C=O) groups is 1. The molecule has 1 aromatic heterocycles. The fourth-order valence-electron chi connectivity index (χ4n) is 1.36. The summed E-state index contributed by atoms with van der Waals surface area (Å²) in [6, 6.07) is 7.12. The number of nitrogens with zero attached hydrogens (tertiary/aromatic N) is 2. The molecule has 0 unspecified atom stereocenters. The Bertz CT molecular complexity index is 488. The lowest BCUT2D eigenvalue weighted by atomic mass is 10.1. The minimum absolute atomic E-state index is 0.437. The second kappa shape index (κ2) is 3.87. The highest BCUT2D eigenvalue weighted by Gasteiger charge is 2.03. The summed E-state index contributed by atoms with van der Waals surface area (Å²) in [6.07, 6.45) is 3.69. The van der Waals surface area contributed by atoms with Gasteiger partial charge in [-0.3, -0.25) is 9.48 Å². The van der Waals surface area contributed by atoms with E-state index in [9.17, 15) is 4.79 Å². The monoisotopic (exact) mass is 220 g/mol. The van der Waals surface area contributed by atoms with Gasteiger partial charge in [0.15, 0.2) is 0 Å². The summed E-state index contributed by atoms with van der Waals surface area (Å²) in [5.74, 6) is 0. The van der Waals surface area contributed by atoms with Crippen molar-refractivity contribution in [2.75, 3.05) is 0 Å². The van der Waals surface area contributed by atoms with E-state index < -0.39 is 5.24 Å². The van der Waals surface area contributed by atoms with Gasteiger partial charge in [-0.05, 0) is 29.3 Å². The third-order valence-corrected chi connectivity index (χ3v) is 2.37. The van der Waals surface area contributed by atoms with Crippen LogP contribution in [0.5, 0.6) is 0 Å². The highest BCUT2D eigenvalue weighted by Crippen LogP contribution is 2.19. The molecule has 0 N–H and O–H groups in total. The zero-order chi connectivity index (χ0) is 10.8. The van der Waals surface area contributed by atoms with Crippen molar-refractivity contribution < 1.29 is 4.79 Å². The van der Waals surface area contributed by atoms with Crippen LogP contribution < -0.4 is 0 Å². The normalized spacial score (nSPS) is 10.3. The van der Waals surface area contributed by atoms with Crippen molar-refractivity contribution in [2.24, 2.45) is 7.05 Å². The molecule has 0 aliphatic carbocycles. The van der Waals surface area contributed by atoms with E-state index in [4.69, 9.17) is 11.6 Å². The lowest BCUT2D eigenvalue weighted by Gasteiger charge is -1.97. The first-order chi connectivity index (χ1) is 7.16. The maximum Gasteiger partial charge on any atom is 0.252 e. The van der Waals surface area contributed by atoms with Crippen molar-refractivity contribution >= 4 is 16.8 Å². The Morgan fingerprint density at radius 2 is 1.93 bits per heavy atom. The van der Waals surface area contributed by atoms with E-state index in [1.807, 2.05) is 25.4 Å². The Morgan fingerprint density at radius 3 is 2.40 bits per heavy atom. The number of aryl methyl sites for hydroxylation is 1. The van der Waals surface area contributed by atoms with E-state index >= 15 is 0 Å². The van der Waals surface area contributed by atoms with Gasteiger partial charge in [0, 0.05) is 24.4 Å². The Morgan fingerprint density at radius 1 is 1.27 bits per heavy atom. The molecule has 0 aliphatic heterocycles. The molecule has 76 valence electrons. The highest BCUT2D eigenvalue weighted by molar-refractivity contribution is 6.67. The number of hydrogen-bond acceptors (Lipinski definition) is 2. The standard InChI is InChI=1S/C11H9ClN2O/c1-14-7-10(6-13-14)8-2-4-9(5-3-8)11(12)15/h2-7H,1H3. The minimum Gasteiger partial charge on any atom is -0.276 e. The highest BCUT2D eigenvalue weighted by atomic mass is 35.5. The summed E-state index contributed by atoms with van der Waals surface area (Å²) >= 11 is 5.35. The molecular formula is C11H9ClN2O. The molecule has 0 saturated heterocycles. The number of hydrogen-bond donors (Lipinski definition) is 0. The average Bonchev–Trinajstić information content (AvgIpc) is 2.65. The summed E-state index contributed by atoms with van der Waals surface area (Å²) in [5.41, 5.74) is 2.54. The molecule has 0 amide bonds. The van der Waals surface area contributed by atoms with Gasteiger partial charge in [0.05, 0.1) is 6.20 Å². The van der Waals surface area contributed by atoms with Crippen LogP contribution in [0.25, 0.3) is 11.1 Å². The van der Waals surface area contributed by atoms with Crippen LogP contribution in [0.4, 0.5) is 0 Å². The third kappa shape index (κ3) is 2.07. The molecule has 3 nitrogen and oxygen atoms in total. The van der Waals surface area contributed by atoms with Gasteiger partial charge in [-0.25, -0.2) is 0 Å². The van der Waals surface area contributed by atoms with Gasteiger partial charge in [-0.2, -0.15) is 5.10 Å². The maximum atomic E-state index is 10.8. The Balaban J connectivity index is 2.35. The topological polar surface area (TPSA) is 34.9 Å². The first kappa shape index (κ1) is 9.93. The maximum absolute atomic E-state index is 10.8. The van der Waals surface area contributed by atoms with E-state index in [-0.39, 0.29) is 0 Å². The molecule has 1 aromatic carbocycles. The van der Waals surface area contributed by atoms with E-state index in [2.05, 4.69) is 5.10 Å². The molecule has 0 radical (unpaired) electrons. The summed E-state index contributed by atoms with van der Waals surface area (Å²) in [6.45, 7) is 0. The van der Waals surface area contributed by atoms with Crippen LogP contribution in [0.1, 0.15) is 10.4 Å². The molecular weight excluding hydrogens is 212 g/mol. The molecule has 0 fully saturated rings. The van der Waals surface area contributed by atoms with Crippen molar-refractivity contribution in [1.29, 1.82) is 0 Å². The van der Waals surface area contributed by atoms with E-state index in [0.29, 0.717) is 5.56 Å². The fourth-order valence-corrected chi connectivity index (χ4v) is 1.49. The number of carbonyl (C=O) groups excluding carboxylic acids is 1. The van der Waals surface area contributed by atoms with Gasteiger partial charge >= 0.3 is 0 Å². The molecule has 2 rings (SSSR count). The van der Waals surface area contributed by atoms with Crippen LogP contribution in [0, 0.1) is 0 Å². The summed E-state index contributed by atoms with van der Waals surface area (Å²) < 4.78 is 1.73. The molecule has 4 heteroatoms. The Labute approximate surface area is 92.3 Å². The van der Waals surface area contributed by atoms with Crippen LogP contribution in [0.3, 0.4) is 0 Å². The van der Waals surface area contributed by atoms with Gasteiger partial charge in [-0.15, -0.1) is 0 Å². The van der Waals surface area contributed by atoms with E-state index in [1.54, 1.807) is 23.0 Å². The Hall–Kier alpha value is -1.61. The summed E-state index contributed by atoms with van der Waals surface area (Å²) in [4.78, 5) is 10.8. The molecule has 0 spiro atoms. The van der Waals surface area contributed by atoms with Crippen LogP contribution >= 0.6 is 11.6 Å². The van der Waals surface area contributed by atoms with Gasteiger partial charge in [0.2, 0.25) is 0 Å². The molecule has 0 saturated carbocycles. The molecule has 0 bridgehead atoms. The van der Waals surface area contributed by atoms with Crippen molar-refractivity contribution in [1.82, 2.24) is 9.78 Å². The molecule has 1 heterocycles. The van der Waals surface area contributed by atoms with Gasteiger partial charge in [-0.1, -0.05) is 12.1 Å². The predicted molar refractivity (Wildman–Crippen MR) is 58.8 cm³/mol. The molecule has 0 atom stereocenters. The van der Waals surface area contributed by atoms with Crippen LogP contribution in [-0.2, 0) is 7.05 Å². The van der Waals surface area contributed by atoms with Crippen LogP contribution in [0.15, 0.2) is 36.7 Å². The zero-order valence-corrected chi connectivity index (χ0v) is 8.90. The number of benzene rings is 1. The quantitative estimate of drug-likeness (QED) is 0.729. The molecule has 0 aliphatic rings. The third-order valence-electron chi connectivity index (χ3n) is 2.15. The molecule has 15 heavy (non-hydrogen) atoms. The number of halogens is 1. The zero-order valence-electron chi connectivity index (χ0n) is 8.14. The lowest BCUT2D eigenvalue weighted by Crippen LogP contribution is -1.87. The SMILES string of the molecule is Cn1cc(-c2ccc(C(=O)Cl)cc2)cn1. The van der Waals surface area contributed by atoms with Crippen molar-refractivity contribution in [3.05, 3.63) is 42.2 Å². The van der Waals surface area contributed by atoms with E-state index in [1.165, 1.54) is 0 Å². The first-order valence-corrected chi connectivity index (χ1v) is 4.83. The number of aromatic nitrogens is 2. The van der Waals surface area contributed by atoms with Crippen LogP contribution in [0.2, 0.25) is 0 Å². The smallest absolute Gasteiger partial charge is 0.252 e. The summed E-state index contributed by atoms with van der Waals surface area (Å²) in [5, 5.41) is 3.64. The number of rotatable bonds is 2. The van der Waals surface area contributed by atoms with Crippen molar-refractivity contribution in [3.8, 4) is 11.1 Å². The largest absolute Gasteiger partial charge is 0.276 e. The predicted octanol–water partition coefficient (Wildman–Crippen LogP) is 2.47. The van der Waals surface area contributed by atoms with Gasteiger partial charge in [0.1, 0.15) is 0 Å². The first-order valence-electron chi connectivity index (χ1n) is 4.46. The molecule has 2 aromatic rings. The second-order valence-corrected chi connectivity index (χ2v) is 3.60. The van der Waals surface area contributed by atoms with Crippen LogP contribution in [-0.4, -0.2) is 15.0 Å². The average molecular weight is 221 g/mol. The Kier molecular flexibility index (Phi) is 2.56.